The number of benzene rings is 1. The van der Waals surface area contributed by atoms with Crippen molar-refractivity contribution in [3.8, 4) is 5.75 Å². The molecule has 0 radical (unpaired) electrons. The molecule has 18 heavy (non-hydrogen) atoms. The van der Waals surface area contributed by atoms with Crippen LogP contribution >= 0.6 is 0 Å². The second kappa shape index (κ2) is 4.24. The molecule has 1 saturated carbocycles. The minimum atomic E-state index is -3.73. The third-order valence-electron chi connectivity index (χ3n) is 2.86. The minimum absolute atomic E-state index is 0.160. The Bertz CT molecular complexity index is 554. The molecule has 0 aromatic heterocycles. The van der Waals surface area contributed by atoms with Gasteiger partial charge in [0.15, 0.2) is 0 Å². The van der Waals surface area contributed by atoms with Crippen LogP contribution in [0.1, 0.15) is 39.2 Å². The highest BCUT2D eigenvalue weighted by atomic mass is 32.2. The van der Waals surface area contributed by atoms with Gasteiger partial charge < -0.3 is 4.74 Å². The first-order valence-corrected chi connectivity index (χ1v) is 7.57. The Morgan fingerprint density at radius 3 is 2.33 bits per heavy atom. The number of hydrogen-bond acceptors (Lipinski definition) is 3. The largest absolute Gasteiger partial charge is 0.490 e. The predicted octanol–water partition coefficient (Wildman–Crippen LogP) is 2.17. The standard InChI is InChI=1S/C13H19NO3S/c1-13(2,3)12-10(17-9-7-8-9)5-4-6-11(12)18(14,15)16/h4-6,9H,7-8H2,1-3H3,(H2,14,15,16). The molecule has 0 unspecified atom stereocenters. The Morgan fingerprint density at radius 1 is 1.28 bits per heavy atom. The Hall–Kier alpha value is -1.07. The van der Waals surface area contributed by atoms with E-state index in [1.807, 2.05) is 26.8 Å². The molecule has 1 fully saturated rings. The van der Waals surface area contributed by atoms with Crippen molar-refractivity contribution in [3.63, 3.8) is 0 Å². The molecular formula is C13H19NO3S. The number of rotatable bonds is 3. The van der Waals surface area contributed by atoms with Gasteiger partial charge in [-0.05, 0) is 30.4 Å². The van der Waals surface area contributed by atoms with Crippen molar-refractivity contribution in [2.24, 2.45) is 5.14 Å². The third-order valence-corrected chi connectivity index (χ3v) is 3.82. The molecule has 0 amide bonds. The van der Waals surface area contributed by atoms with Crippen molar-refractivity contribution in [1.82, 2.24) is 0 Å². The molecule has 0 atom stereocenters. The van der Waals surface area contributed by atoms with Crippen molar-refractivity contribution >= 4 is 10.0 Å². The molecule has 4 nitrogen and oxygen atoms in total. The number of ether oxygens (including phenoxy) is 1. The average molecular weight is 269 g/mol. The van der Waals surface area contributed by atoms with Crippen LogP contribution in [0.2, 0.25) is 0 Å². The molecule has 5 heteroatoms. The van der Waals surface area contributed by atoms with Gasteiger partial charge in [0.2, 0.25) is 10.0 Å². The van der Waals surface area contributed by atoms with Crippen molar-refractivity contribution in [3.05, 3.63) is 23.8 Å². The SMILES string of the molecule is CC(C)(C)c1c(OC2CC2)cccc1S(N)(=O)=O. The Labute approximate surface area is 108 Å². The number of nitrogens with two attached hydrogens (primary N) is 1. The number of primary sulfonamides is 1. The zero-order valence-corrected chi connectivity index (χ0v) is 11.8. The molecule has 100 valence electrons. The van der Waals surface area contributed by atoms with E-state index in [1.165, 1.54) is 6.07 Å². The summed E-state index contributed by atoms with van der Waals surface area (Å²) >= 11 is 0. The van der Waals surface area contributed by atoms with Crippen LogP contribution in [0, 0.1) is 0 Å². The van der Waals surface area contributed by atoms with Gasteiger partial charge >= 0.3 is 0 Å². The fourth-order valence-electron chi connectivity index (χ4n) is 1.95. The van der Waals surface area contributed by atoms with Crippen LogP contribution in [0.3, 0.4) is 0 Å². The Morgan fingerprint density at radius 2 is 1.89 bits per heavy atom. The van der Waals surface area contributed by atoms with Gasteiger partial charge in [0, 0.05) is 5.56 Å². The lowest BCUT2D eigenvalue weighted by molar-refractivity contribution is 0.293. The number of sulfonamides is 1. The highest BCUT2D eigenvalue weighted by Gasteiger charge is 2.31. The van der Waals surface area contributed by atoms with E-state index >= 15 is 0 Å². The molecule has 0 bridgehead atoms. The van der Waals surface area contributed by atoms with Gasteiger partial charge in [-0.2, -0.15) is 0 Å². The van der Waals surface area contributed by atoms with Gasteiger partial charge in [-0.25, -0.2) is 13.6 Å². The van der Waals surface area contributed by atoms with Crippen molar-refractivity contribution < 1.29 is 13.2 Å². The van der Waals surface area contributed by atoms with E-state index in [2.05, 4.69) is 0 Å². The second-order valence-electron chi connectivity index (χ2n) is 5.74. The molecule has 1 aliphatic rings. The molecule has 0 saturated heterocycles. The molecule has 1 aliphatic carbocycles. The van der Waals surface area contributed by atoms with Gasteiger partial charge in [0.05, 0.1) is 11.0 Å². The van der Waals surface area contributed by atoms with E-state index in [9.17, 15) is 8.42 Å². The van der Waals surface area contributed by atoms with E-state index in [0.717, 1.165) is 12.8 Å². The van der Waals surface area contributed by atoms with Crippen LogP contribution in [0.4, 0.5) is 0 Å². The van der Waals surface area contributed by atoms with Gasteiger partial charge in [0.1, 0.15) is 5.75 Å². The topological polar surface area (TPSA) is 69.4 Å². The van der Waals surface area contributed by atoms with Gasteiger partial charge in [-0.15, -0.1) is 0 Å². The lowest BCUT2D eigenvalue weighted by Gasteiger charge is -2.25. The van der Waals surface area contributed by atoms with E-state index in [1.54, 1.807) is 6.07 Å². The van der Waals surface area contributed by atoms with E-state index < -0.39 is 10.0 Å². The molecule has 2 rings (SSSR count). The summed E-state index contributed by atoms with van der Waals surface area (Å²) in [7, 11) is -3.73. The fraction of sp³-hybridized carbons (Fsp3) is 0.538. The summed E-state index contributed by atoms with van der Waals surface area (Å²) < 4.78 is 29.2. The summed E-state index contributed by atoms with van der Waals surface area (Å²) in [5, 5.41) is 5.29. The smallest absolute Gasteiger partial charge is 0.238 e. The van der Waals surface area contributed by atoms with Crippen molar-refractivity contribution in [2.45, 2.75) is 50.0 Å². The van der Waals surface area contributed by atoms with Crippen LogP contribution in [-0.2, 0) is 15.4 Å². The van der Waals surface area contributed by atoms with Crippen LogP contribution in [-0.4, -0.2) is 14.5 Å². The zero-order chi connectivity index (χ0) is 13.6. The molecular weight excluding hydrogens is 250 g/mol. The lowest BCUT2D eigenvalue weighted by Crippen LogP contribution is -2.22. The maximum absolute atomic E-state index is 11.7. The molecule has 0 aliphatic heterocycles. The predicted molar refractivity (Wildman–Crippen MR) is 70.2 cm³/mol. The van der Waals surface area contributed by atoms with E-state index in [-0.39, 0.29) is 16.4 Å². The average Bonchev–Trinajstić information content (AvgIpc) is 2.98. The molecule has 0 spiro atoms. The van der Waals surface area contributed by atoms with Crippen LogP contribution in [0.15, 0.2) is 23.1 Å². The monoisotopic (exact) mass is 269 g/mol. The summed E-state index contributed by atoms with van der Waals surface area (Å²) in [6.07, 6.45) is 2.29. The third kappa shape index (κ3) is 2.84. The second-order valence-corrected chi connectivity index (χ2v) is 7.27. The van der Waals surface area contributed by atoms with Crippen molar-refractivity contribution in [2.75, 3.05) is 0 Å². The van der Waals surface area contributed by atoms with E-state index in [4.69, 9.17) is 9.88 Å². The van der Waals surface area contributed by atoms with Gasteiger partial charge in [-0.3, -0.25) is 0 Å². The van der Waals surface area contributed by atoms with Crippen LogP contribution in [0.25, 0.3) is 0 Å². The van der Waals surface area contributed by atoms with Crippen molar-refractivity contribution in [1.29, 1.82) is 0 Å². The fourth-order valence-corrected chi connectivity index (χ4v) is 2.91. The minimum Gasteiger partial charge on any atom is -0.490 e. The molecule has 0 heterocycles. The normalized spacial score (nSPS) is 16.7. The summed E-state index contributed by atoms with van der Waals surface area (Å²) in [4.78, 5) is 0.160. The first kappa shape index (κ1) is 13.4. The summed E-state index contributed by atoms with van der Waals surface area (Å²) in [6, 6.07) is 5.02. The van der Waals surface area contributed by atoms with Gasteiger partial charge in [-0.1, -0.05) is 26.8 Å². The number of hydrogen-bond donors (Lipinski definition) is 1. The van der Waals surface area contributed by atoms with Gasteiger partial charge in [0.25, 0.3) is 0 Å². The summed E-state index contributed by atoms with van der Waals surface area (Å²) in [6.45, 7) is 5.87. The summed E-state index contributed by atoms with van der Waals surface area (Å²) in [5.74, 6) is 0.636. The maximum Gasteiger partial charge on any atom is 0.238 e. The summed E-state index contributed by atoms with van der Waals surface area (Å²) in [5.41, 5.74) is 0.326. The first-order valence-electron chi connectivity index (χ1n) is 6.02. The molecule has 2 N–H and O–H groups in total. The Kier molecular flexibility index (Phi) is 3.15. The maximum atomic E-state index is 11.7. The van der Waals surface area contributed by atoms with Crippen LogP contribution in [0.5, 0.6) is 5.75 Å². The highest BCUT2D eigenvalue weighted by Crippen LogP contribution is 2.38. The van der Waals surface area contributed by atoms with E-state index in [0.29, 0.717) is 11.3 Å². The lowest BCUT2D eigenvalue weighted by atomic mass is 9.86. The molecule has 1 aromatic carbocycles. The Balaban J connectivity index is 2.59. The quantitative estimate of drug-likeness (QED) is 0.914. The molecule has 1 aromatic rings. The zero-order valence-electron chi connectivity index (χ0n) is 10.9. The van der Waals surface area contributed by atoms with Crippen LogP contribution < -0.4 is 9.88 Å². The highest BCUT2D eigenvalue weighted by molar-refractivity contribution is 7.89. The first-order chi connectivity index (χ1) is 8.19.